The fraction of sp³-hybridized carbons (Fsp3) is 0.529. The quantitative estimate of drug-likeness (QED) is 0.881. The summed E-state index contributed by atoms with van der Waals surface area (Å²) in [4.78, 5) is 27.8. The van der Waals surface area contributed by atoms with Crippen LogP contribution in [-0.4, -0.2) is 68.1 Å². The Morgan fingerprint density at radius 1 is 1.22 bits per heavy atom. The predicted octanol–water partition coefficient (Wildman–Crippen LogP) is 1.03. The standard InChI is InChI=1S/C17H25N3O3/c1-13-5-4-6-15(14(13)2)18-16(21)11-19(3)12-17(22)20-7-9-23-10-8-20/h4-6H,7-12H2,1-3H3,(H,18,21). The fourth-order valence-corrected chi connectivity index (χ4v) is 2.52. The van der Waals surface area contributed by atoms with Crippen molar-refractivity contribution in [2.75, 3.05) is 51.8 Å². The van der Waals surface area contributed by atoms with Crippen molar-refractivity contribution in [2.45, 2.75) is 13.8 Å². The highest BCUT2D eigenvalue weighted by Gasteiger charge is 2.19. The van der Waals surface area contributed by atoms with E-state index in [0.29, 0.717) is 26.3 Å². The summed E-state index contributed by atoms with van der Waals surface area (Å²) in [7, 11) is 1.78. The van der Waals surface area contributed by atoms with Crippen LogP contribution in [0.3, 0.4) is 0 Å². The van der Waals surface area contributed by atoms with E-state index in [-0.39, 0.29) is 24.9 Å². The number of carbonyl (C=O) groups excluding carboxylic acids is 2. The van der Waals surface area contributed by atoms with Gasteiger partial charge in [-0.15, -0.1) is 0 Å². The van der Waals surface area contributed by atoms with Crippen LogP contribution in [0.2, 0.25) is 0 Å². The molecule has 2 amide bonds. The summed E-state index contributed by atoms with van der Waals surface area (Å²) >= 11 is 0. The first kappa shape index (κ1) is 17.4. The first-order chi connectivity index (χ1) is 11.0. The van der Waals surface area contributed by atoms with Gasteiger partial charge < -0.3 is 15.0 Å². The number of aryl methyl sites for hydroxylation is 1. The number of ether oxygens (including phenoxy) is 1. The summed E-state index contributed by atoms with van der Waals surface area (Å²) in [5.41, 5.74) is 3.02. The molecule has 2 rings (SSSR count). The minimum Gasteiger partial charge on any atom is -0.378 e. The molecule has 6 heteroatoms. The zero-order chi connectivity index (χ0) is 16.8. The molecule has 1 aliphatic rings. The molecule has 0 bridgehead atoms. The lowest BCUT2D eigenvalue weighted by atomic mass is 10.1. The number of nitrogens with one attached hydrogen (secondary N) is 1. The monoisotopic (exact) mass is 319 g/mol. The number of morpholine rings is 1. The number of amides is 2. The van der Waals surface area contributed by atoms with E-state index >= 15 is 0 Å². The van der Waals surface area contributed by atoms with E-state index < -0.39 is 0 Å². The summed E-state index contributed by atoms with van der Waals surface area (Å²) in [5.74, 6) is -0.0775. The molecule has 0 aromatic heterocycles. The van der Waals surface area contributed by atoms with Crippen LogP contribution in [0.1, 0.15) is 11.1 Å². The highest BCUT2D eigenvalue weighted by molar-refractivity contribution is 5.93. The molecule has 1 aliphatic heterocycles. The van der Waals surface area contributed by atoms with Crippen LogP contribution in [0.5, 0.6) is 0 Å². The van der Waals surface area contributed by atoms with Gasteiger partial charge in [0, 0.05) is 18.8 Å². The van der Waals surface area contributed by atoms with Crippen molar-refractivity contribution < 1.29 is 14.3 Å². The Bertz CT molecular complexity index is 568. The molecule has 1 aromatic rings. The molecule has 0 saturated carbocycles. The van der Waals surface area contributed by atoms with Crippen molar-refractivity contribution in [3.63, 3.8) is 0 Å². The number of benzene rings is 1. The van der Waals surface area contributed by atoms with Gasteiger partial charge in [0.15, 0.2) is 0 Å². The Morgan fingerprint density at radius 3 is 2.61 bits per heavy atom. The van der Waals surface area contributed by atoms with Gasteiger partial charge in [-0.2, -0.15) is 0 Å². The Morgan fingerprint density at radius 2 is 1.91 bits per heavy atom. The second-order valence-electron chi connectivity index (χ2n) is 5.96. The minimum atomic E-state index is -0.115. The molecule has 126 valence electrons. The highest BCUT2D eigenvalue weighted by atomic mass is 16.5. The smallest absolute Gasteiger partial charge is 0.238 e. The van der Waals surface area contributed by atoms with Gasteiger partial charge in [-0.3, -0.25) is 14.5 Å². The van der Waals surface area contributed by atoms with Crippen LogP contribution < -0.4 is 5.32 Å². The van der Waals surface area contributed by atoms with Crippen LogP contribution in [0.4, 0.5) is 5.69 Å². The normalized spacial score (nSPS) is 14.9. The maximum absolute atomic E-state index is 12.1. The second-order valence-corrected chi connectivity index (χ2v) is 5.96. The minimum absolute atomic E-state index is 0.0373. The third kappa shape index (κ3) is 5.04. The van der Waals surface area contributed by atoms with Gasteiger partial charge in [0.2, 0.25) is 11.8 Å². The van der Waals surface area contributed by atoms with E-state index in [1.54, 1.807) is 16.8 Å². The molecule has 0 unspecified atom stereocenters. The number of hydrogen-bond acceptors (Lipinski definition) is 4. The third-order valence-electron chi connectivity index (χ3n) is 4.06. The van der Waals surface area contributed by atoms with E-state index in [2.05, 4.69) is 5.32 Å². The summed E-state index contributed by atoms with van der Waals surface area (Å²) in [6, 6.07) is 5.82. The molecule has 23 heavy (non-hydrogen) atoms. The lowest BCUT2D eigenvalue weighted by Crippen LogP contribution is -2.46. The average molecular weight is 319 g/mol. The molecule has 0 aliphatic carbocycles. The number of rotatable bonds is 5. The summed E-state index contributed by atoms with van der Waals surface area (Å²) in [5, 5.41) is 2.91. The molecular formula is C17H25N3O3. The van der Waals surface area contributed by atoms with Gasteiger partial charge in [0.1, 0.15) is 0 Å². The molecule has 1 fully saturated rings. The summed E-state index contributed by atoms with van der Waals surface area (Å²) in [6.45, 7) is 6.84. The van der Waals surface area contributed by atoms with Gasteiger partial charge in [0.25, 0.3) is 0 Å². The van der Waals surface area contributed by atoms with Gasteiger partial charge in [0.05, 0.1) is 26.3 Å². The third-order valence-corrected chi connectivity index (χ3v) is 4.06. The van der Waals surface area contributed by atoms with Crippen molar-refractivity contribution in [1.82, 2.24) is 9.80 Å². The number of hydrogen-bond donors (Lipinski definition) is 1. The first-order valence-corrected chi connectivity index (χ1v) is 7.87. The molecule has 6 nitrogen and oxygen atoms in total. The van der Waals surface area contributed by atoms with Crippen molar-refractivity contribution in [1.29, 1.82) is 0 Å². The second kappa shape index (κ2) is 8.08. The zero-order valence-electron chi connectivity index (χ0n) is 14.1. The molecule has 1 saturated heterocycles. The van der Waals surface area contributed by atoms with E-state index in [1.807, 2.05) is 32.0 Å². The van der Waals surface area contributed by atoms with Crippen molar-refractivity contribution in [3.05, 3.63) is 29.3 Å². The largest absolute Gasteiger partial charge is 0.378 e. The molecule has 1 aromatic carbocycles. The number of likely N-dealkylation sites (N-methyl/N-ethyl adjacent to an activating group) is 1. The maximum atomic E-state index is 12.1. The molecule has 0 spiro atoms. The lowest BCUT2D eigenvalue weighted by Gasteiger charge is -2.28. The first-order valence-electron chi connectivity index (χ1n) is 7.87. The van der Waals surface area contributed by atoms with Gasteiger partial charge in [-0.1, -0.05) is 12.1 Å². The van der Waals surface area contributed by atoms with Gasteiger partial charge in [-0.05, 0) is 38.1 Å². The van der Waals surface area contributed by atoms with Crippen LogP contribution in [0, 0.1) is 13.8 Å². The summed E-state index contributed by atoms with van der Waals surface area (Å²) < 4.78 is 5.23. The number of anilines is 1. The molecule has 1 heterocycles. The van der Waals surface area contributed by atoms with Gasteiger partial charge >= 0.3 is 0 Å². The Hall–Kier alpha value is -1.92. The molecular weight excluding hydrogens is 294 g/mol. The van der Waals surface area contributed by atoms with E-state index in [9.17, 15) is 9.59 Å². The number of nitrogens with zero attached hydrogens (tertiary/aromatic N) is 2. The van der Waals surface area contributed by atoms with Crippen LogP contribution >= 0.6 is 0 Å². The topological polar surface area (TPSA) is 61.9 Å². The molecule has 0 radical (unpaired) electrons. The van der Waals surface area contributed by atoms with Crippen LogP contribution in [0.15, 0.2) is 18.2 Å². The Kier molecular flexibility index (Phi) is 6.12. The average Bonchev–Trinajstić information content (AvgIpc) is 2.52. The van der Waals surface area contributed by atoms with Crippen molar-refractivity contribution >= 4 is 17.5 Å². The Labute approximate surface area is 137 Å². The van der Waals surface area contributed by atoms with Crippen molar-refractivity contribution in [2.24, 2.45) is 0 Å². The Balaban J connectivity index is 1.82. The van der Waals surface area contributed by atoms with Crippen LogP contribution in [0.25, 0.3) is 0 Å². The van der Waals surface area contributed by atoms with Crippen LogP contribution in [-0.2, 0) is 14.3 Å². The van der Waals surface area contributed by atoms with E-state index in [4.69, 9.17) is 4.74 Å². The maximum Gasteiger partial charge on any atom is 0.238 e. The van der Waals surface area contributed by atoms with E-state index in [0.717, 1.165) is 16.8 Å². The van der Waals surface area contributed by atoms with E-state index in [1.165, 1.54) is 0 Å². The highest BCUT2D eigenvalue weighted by Crippen LogP contribution is 2.17. The SMILES string of the molecule is Cc1cccc(NC(=O)CN(C)CC(=O)N2CCOCC2)c1C. The fourth-order valence-electron chi connectivity index (χ4n) is 2.52. The predicted molar refractivity (Wildman–Crippen MR) is 89.4 cm³/mol. The zero-order valence-corrected chi connectivity index (χ0v) is 14.1. The number of carbonyl (C=O) groups is 2. The van der Waals surface area contributed by atoms with Crippen molar-refractivity contribution in [3.8, 4) is 0 Å². The summed E-state index contributed by atoms with van der Waals surface area (Å²) in [6.07, 6.45) is 0. The lowest BCUT2D eigenvalue weighted by molar-refractivity contribution is -0.136. The molecule has 0 atom stereocenters. The van der Waals surface area contributed by atoms with Gasteiger partial charge in [-0.25, -0.2) is 0 Å². The molecule has 1 N–H and O–H groups in total.